The maximum atomic E-state index is 11.1. The fourth-order valence-corrected chi connectivity index (χ4v) is 1.93. The molecule has 0 spiro atoms. The van der Waals surface area contributed by atoms with Crippen molar-refractivity contribution in [2.24, 2.45) is 5.73 Å². The molecule has 2 rings (SSSR count). The van der Waals surface area contributed by atoms with Crippen molar-refractivity contribution >= 4 is 16.9 Å². The first-order chi connectivity index (χ1) is 8.72. The Bertz CT molecular complexity index is 536. The maximum Gasteiger partial charge on any atom is 0.333 e. The number of para-hydroxylation sites is 1. The number of carboxylic acid groups (broad SMARTS) is 1. The van der Waals surface area contributed by atoms with Crippen LogP contribution in [0.25, 0.3) is 10.9 Å². The molecule has 0 unspecified atom stereocenters. The number of aliphatic carboxylic acids is 1. The Labute approximate surface area is 105 Å². The highest BCUT2D eigenvalue weighted by atomic mass is 16.5. The second kappa shape index (κ2) is 5.66. The average Bonchev–Trinajstić information content (AvgIpc) is 2.77. The molecule has 0 bridgehead atoms. The summed E-state index contributed by atoms with van der Waals surface area (Å²) in [5.74, 6) is -0.964. The molecule has 0 saturated heterocycles. The van der Waals surface area contributed by atoms with Crippen LogP contribution in [0.3, 0.4) is 0 Å². The molecule has 2 aromatic rings. The third-order valence-corrected chi connectivity index (χ3v) is 2.79. The van der Waals surface area contributed by atoms with E-state index in [1.165, 1.54) is 0 Å². The molecule has 1 aromatic carbocycles. The van der Waals surface area contributed by atoms with E-state index in [9.17, 15) is 4.79 Å². The number of carboxylic acids is 1. The molecule has 0 amide bonds. The predicted octanol–water partition coefficient (Wildman–Crippen LogP) is 1.14. The molecule has 0 aliphatic rings. The summed E-state index contributed by atoms with van der Waals surface area (Å²) in [7, 11) is 0. The number of hydrogen-bond donors (Lipinski definition) is 3. The van der Waals surface area contributed by atoms with Crippen molar-refractivity contribution in [1.29, 1.82) is 0 Å². The Morgan fingerprint density at radius 2 is 2.22 bits per heavy atom. The summed E-state index contributed by atoms with van der Waals surface area (Å²) in [6, 6.07) is 7.77. The minimum Gasteiger partial charge on any atom is -0.479 e. The molecule has 5 nitrogen and oxygen atoms in total. The second-order valence-corrected chi connectivity index (χ2v) is 4.05. The lowest BCUT2D eigenvalue weighted by atomic mass is 10.1. The van der Waals surface area contributed by atoms with E-state index < -0.39 is 12.1 Å². The summed E-state index contributed by atoms with van der Waals surface area (Å²) < 4.78 is 5.24. The number of ether oxygens (including phenoxy) is 1. The standard InChI is InChI=1S/C13H16N2O3/c14-5-6-18-12(13(16)17)7-9-8-15-11-4-2-1-3-10(9)11/h1-4,8,12,15H,5-7,14H2,(H,16,17)/t12-/m0/s1. The molecule has 0 aliphatic carbocycles. The molecule has 5 heteroatoms. The highest BCUT2D eigenvalue weighted by molar-refractivity contribution is 5.84. The summed E-state index contributed by atoms with van der Waals surface area (Å²) in [4.78, 5) is 14.2. The van der Waals surface area contributed by atoms with Gasteiger partial charge in [0.25, 0.3) is 0 Å². The summed E-state index contributed by atoms with van der Waals surface area (Å²) in [6.45, 7) is 0.566. The van der Waals surface area contributed by atoms with Crippen molar-refractivity contribution in [2.45, 2.75) is 12.5 Å². The summed E-state index contributed by atoms with van der Waals surface area (Å²) in [5, 5.41) is 10.1. The number of aromatic nitrogens is 1. The topological polar surface area (TPSA) is 88.3 Å². The van der Waals surface area contributed by atoms with Crippen molar-refractivity contribution in [1.82, 2.24) is 4.98 Å². The van der Waals surface area contributed by atoms with Crippen molar-refractivity contribution in [3.8, 4) is 0 Å². The van der Waals surface area contributed by atoms with Crippen molar-refractivity contribution in [3.63, 3.8) is 0 Å². The molecule has 1 atom stereocenters. The highest BCUT2D eigenvalue weighted by Gasteiger charge is 2.19. The number of carbonyl (C=O) groups is 1. The van der Waals surface area contributed by atoms with Crippen LogP contribution in [0, 0.1) is 0 Å². The van der Waals surface area contributed by atoms with Gasteiger partial charge < -0.3 is 20.6 Å². The Kier molecular flexibility index (Phi) is 3.96. The van der Waals surface area contributed by atoms with E-state index in [0.29, 0.717) is 13.0 Å². The zero-order chi connectivity index (χ0) is 13.0. The van der Waals surface area contributed by atoms with Gasteiger partial charge in [0.1, 0.15) is 0 Å². The van der Waals surface area contributed by atoms with Gasteiger partial charge in [0.2, 0.25) is 0 Å². The predicted molar refractivity (Wildman–Crippen MR) is 68.4 cm³/mol. The van der Waals surface area contributed by atoms with Gasteiger partial charge in [-0.25, -0.2) is 4.79 Å². The Hall–Kier alpha value is -1.85. The van der Waals surface area contributed by atoms with E-state index in [2.05, 4.69) is 4.98 Å². The van der Waals surface area contributed by atoms with Gasteiger partial charge in [-0.2, -0.15) is 0 Å². The first-order valence-electron chi connectivity index (χ1n) is 5.82. The normalized spacial score (nSPS) is 12.7. The second-order valence-electron chi connectivity index (χ2n) is 4.05. The Morgan fingerprint density at radius 3 is 2.94 bits per heavy atom. The third-order valence-electron chi connectivity index (χ3n) is 2.79. The number of benzene rings is 1. The zero-order valence-corrected chi connectivity index (χ0v) is 9.93. The molecular weight excluding hydrogens is 232 g/mol. The van der Waals surface area contributed by atoms with Crippen LogP contribution >= 0.6 is 0 Å². The largest absolute Gasteiger partial charge is 0.479 e. The number of hydrogen-bond acceptors (Lipinski definition) is 3. The van der Waals surface area contributed by atoms with Crippen molar-refractivity contribution in [2.75, 3.05) is 13.2 Å². The van der Waals surface area contributed by atoms with Crippen LogP contribution in [0.1, 0.15) is 5.56 Å². The maximum absolute atomic E-state index is 11.1. The van der Waals surface area contributed by atoms with Gasteiger partial charge >= 0.3 is 5.97 Å². The smallest absolute Gasteiger partial charge is 0.333 e. The van der Waals surface area contributed by atoms with Crippen LogP contribution in [0.15, 0.2) is 30.5 Å². The fourth-order valence-electron chi connectivity index (χ4n) is 1.93. The molecule has 0 saturated carbocycles. The molecule has 1 aromatic heterocycles. The van der Waals surface area contributed by atoms with Gasteiger partial charge in [-0.1, -0.05) is 18.2 Å². The van der Waals surface area contributed by atoms with E-state index in [1.807, 2.05) is 30.5 Å². The lowest BCUT2D eigenvalue weighted by Crippen LogP contribution is -2.28. The van der Waals surface area contributed by atoms with Crippen LogP contribution in [0.4, 0.5) is 0 Å². The zero-order valence-electron chi connectivity index (χ0n) is 9.93. The monoisotopic (exact) mass is 248 g/mol. The average molecular weight is 248 g/mol. The molecule has 96 valence electrons. The lowest BCUT2D eigenvalue weighted by Gasteiger charge is -2.12. The quantitative estimate of drug-likeness (QED) is 0.715. The fraction of sp³-hybridized carbons (Fsp3) is 0.308. The number of nitrogens with two attached hydrogens (primary N) is 1. The molecule has 18 heavy (non-hydrogen) atoms. The minimum atomic E-state index is -0.964. The van der Waals surface area contributed by atoms with Crippen LogP contribution in [0.5, 0.6) is 0 Å². The van der Waals surface area contributed by atoms with Crippen molar-refractivity contribution in [3.05, 3.63) is 36.0 Å². The molecule has 0 fully saturated rings. The van der Waals surface area contributed by atoms with Crippen LogP contribution < -0.4 is 5.73 Å². The number of rotatable bonds is 6. The first kappa shape index (κ1) is 12.6. The van der Waals surface area contributed by atoms with Gasteiger partial charge in [0, 0.05) is 30.1 Å². The Balaban J connectivity index is 2.18. The number of fused-ring (bicyclic) bond motifs is 1. The SMILES string of the molecule is NCCO[C@@H](Cc1c[nH]c2ccccc12)C(=O)O. The Morgan fingerprint density at radius 1 is 1.44 bits per heavy atom. The number of nitrogens with one attached hydrogen (secondary N) is 1. The van der Waals surface area contributed by atoms with Crippen LogP contribution in [-0.2, 0) is 16.0 Å². The van der Waals surface area contributed by atoms with Crippen molar-refractivity contribution < 1.29 is 14.6 Å². The summed E-state index contributed by atoms with van der Waals surface area (Å²) in [5.41, 5.74) is 7.25. The van der Waals surface area contributed by atoms with Gasteiger partial charge in [0.15, 0.2) is 6.10 Å². The van der Waals surface area contributed by atoms with E-state index in [-0.39, 0.29) is 6.61 Å². The highest BCUT2D eigenvalue weighted by Crippen LogP contribution is 2.19. The van der Waals surface area contributed by atoms with Gasteiger partial charge in [0.05, 0.1) is 6.61 Å². The molecule has 4 N–H and O–H groups in total. The molecule has 0 radical (unpaired) electrons. The molecule has 1 heterocycles. The van der Waals surface area contributed by atoms with E-state index in [1.54, 1.807) is 0 Å². The number of H-pyrrole nitrogens is 1. The summed E-state index contributed by atoms with van der Waals surface area (Å²) >= 11 is 0. The van der Waals surface area contributed by atoms with Gasteiger partial charge in [-0.3, -0.25) is 0 Å². The van der Waals surface area contributed by atoms with Gasteiger partial charge in [-0.15, -0.1) is 0 Å². The van der Waals surface area contributed by atoms with Crippen LogP contribution in [0.2, 0.25) is 0 Å². The molecule has 0 aliphatic heterocycles. The van der Waals surface area contributed by atoms with Gasteiger partial charge in [-0.05, 0) is 11.6 Å². The number of aromatic amines is 1. The van der Waals surface area contributed by atoms with E-state index in [0.717, 1.165) is 16.5 Å². The summed E-state index contributed by atoms with van der Waals surface area (Å²) in [6.07, 6.45) is 1.30. The first-order valence-corrected chi connectivity index (χ1v) is 5.82. The lowest BCUT2D eigenvalue weighted by molar-refractivity contribution is -0.150. The van der Waals surface area contributed by atoms with E-state index >= 15 is 0 Å². The van der Waals surface area contributed by atoms with E-state index in [4.69, 9.17) is 15.6 Å². The third kappa shape index (κ3) is 2.69. The molecular formula is C13H16N2O3. The van der Waals surface area contributed by atoms with Crippen LogP contribution in [-0.4, -0.2) is 35.3 Å². The minimum absolute atomic E-state index is 0.249.